The highest BCUT2D eigenvalue weighted by molar-refractivity contribution is 7.13. The Kier molecular flexibility index (Phi) is 3.36. The molecule has 96 valence electrons. The Hall–Kier alpha value is -1.65. The van der Waals surface area contributed by atoms with Crippen LogP contribution in [0.3, 0.4) is 0 Å². The van der Waals surface area contributed by atoms with Crippen LogP contribution in [-0.4, -0.2) is 9.36 Å². The van der Waals surface area contributed by atoms with Crippen LogP contribution in [0, 0.1) is 0 Å². The van der Waals surface area contributed by atoms with Crippen LogP contribution in [0.1, 0.15) is 11.3 Å². The molecule has 3 aromatic rings. The highest BCUT2D eigenvalue weighted by Crippen LogP contribution is 2.25. The summed E-state index contributed by atoms with van der Waals surface area (Å²) in [6.45, 7) is 0. The van der Waals surface area contributed by atoms with Gasteiger partial charge in [-0.25, -0.2) is 0 Å². The lowest BCUT2D eigenvalue weighted by atomic mass is 10.0. The van der Waals surface area contributed by atoms with Crippen molar-refractivity contribution in [3.63, 3.8) is 0 Å². The zero-order valence-electron chi connectivity index (χ0n) is 10.0. The Balaban J connectivity index is 1.96. The van der Waals surface area contributed by atoms with E-state index >= 15 is 0 Å². The topological polar surface area (TPSA) is 45.8 Å². The normalized spacial score (nSPS) is 11.0. The molecule has 0 saturated carbocycles. The molecule has 2 heterocycles. The lowest BCUT2D eigenvalue weighted by Gasteiger charge is -2.03. The van der Waals surface area contributed by atoms with Crippen LogP contribution < -0.4 is 5.56 Å². The molecule has 0 aliphatic heterocycles. The number of hydrogen-bond acceptors (Lipinski definition) is 3. The van der Waals surface area contributed by atoms with E-state index in [4.69, 9.17) is 11.6 Å². The molecule has 1 N–H and O–H groups in total. The third kappa shape index (κ3) is 2.55. The van der Waals surface area contributed by atoms with Crippen LogP contribution >= 0.6 is 23.1 Å². The SMILES string of the molecule is O=c1[nH]sc2cc(Cl)cc(CCc3ccccn3)c12. The smallest absolute Gasteiger partial charge is 0.266 e. The van der Waals surface area contributed by atoms with E-state index < -0.39 is 0 Å². The van der Waals surface area contributed by atoms with Crippen LogP contribution in [0.25, 0.3) is 10.1 Å². The molecule has 1 aromatic carbocycles. The minimum absolute atomic E-state index is 0.0345. The predicted molar refractivity (Wildman–Crippen MR) is 79.1 cm³/mol. The van der Waals surface area contributed by atoms with E-state index in [-0.39, 0.29) is 5.56 Å². The number of H-pyrrole nitrogens is 1. The van der Waals surface area contributed by atoms with Gasteiger partial charge in [-0.15, -0.1) is 0 Å². The number of halogens is 1. The fourth-order valence-electron chi connectivity index (χ4n) is 2.13. The van der Waals surface area contributed by atoms with Crippen molar-refractivity contribution in [2.75, 3.05) is 0 Å². The number of pyridine rings is 1. The van der Waals surface area contributed by atoms with Crippen LogP contribution in [-0.2, 0) is 12.8 Å². The first-order valence-corrected chi connectivity index (χ1v) is 7.13. The molecule has 0 bridgehead atoms. The van der Waals surface area contributed by atoms with E-state index in [0.29, 0.717) is 5.02 Å². The molecule has 0 saturated heterocycles. The van der Waals surface area contributed by atoms with Gasteiger partial charge in [0.1, 0.15) is 0 Å². The molecule has 0 aliphatic carbocycles. The third-order valence-corrected chi connectivity index (χ3v) is 4.05. The van der Waals surface area contributed by atoms with Gasteiger partial charge in [0.15, 0.2) is 0 Å². The Labute approximate surface area is 119 Å². The number of nitrogens with zero attached hydrogens (tertiary/aromatic N) is 1. The first kappa shape index (κ1) is 12.4. The zero-order chi connectivity index (χ0) is 13.2. The lowest BCUT2D eigenvalue weighted by molar-refractivity contribution is 0.919. The van der Waals surface area contributed by atoms with E-state index in [1.807, 2.05) is 30.3 Å². The van der Waals surface area contributed by atoms with Crippen molar-refractivity contribution in [1.82, 2.24) is 9.36 Å². The highest BCUT2D eigenvalue weighted by Gasteiger charge is 2.09. The summed E-state index contributed by atoms with van der Waals surface area (Å²) in [4.78, 5) is 16.1. The Morgan fingerprint density at radius 1 is 1.26 bits per heavy atom. The molecular weight excluding hydrogens is 280 g/mol. The molecule has 5 heteroatoms. The second-order valence-electron chi connectivity index (χ2n) is 4.29. The molecule has 0 fully saturated rings. The molecule has 0 spiro atoms. The van der Waals surface area contributed by atoms with Gasteiger partial charge >= 0.3 is 0 Å². The van der Waals surface area contributed by atoms with Crippen LogP contribution in [0.15, 0.2) is 41.3 Å². The fourth-order valence-corrected chi connectivity index (χ4v) is 3.25. The van der Waals surface area contributed by atoms with Gasteiger partial charge in [0, 0.05) is 16.9 Å². The highest BCUT2D eigenvalue weighted by atomic mass is 35.5. The predicted octanol–water partition coefficient (Wildman–Crippen LogP) is 3.42. The summed E-state index contributed by atoms with van der Waals surface area (Å²) >= 11 is 7.42. The number of aromatic amines is 1. The molecule has 19 heavy (non-hydrogen) atoms. The number of fused-ring (bicyclic) bond motifs is 1. The van der Waals surface area contributed by atoms with Crippen molar-refractivity contribution < 1.29 is 0 Å². The van der Waals surface area contributed by atoms with E-state index in [1.165, 1.54) is 11.5 Å². The van der Waals surface area contributed by atoms with Gasteiger partial charge in [-0.05, 0) is 42.7 Å². The van der Waals surface area contributed by atoms with E-state index in [2.05, 4.69) is 9.36 Å². The van der Waals surface area contributed by atoms with Crippen LogP contribution in [0.5, 0.6) is 0 Å². The molecule has 0 atom stereocenters. The number of aryl methyl sites for hydroxylation is 2. The van der Waals surface area contributed by atoms with Crippen molar-refractivity contribution in [2.45, 2.75) is 12.8 Å². The van der Waals surface area contributed by atoms with Crippen molar-refractivity contribution in [3.8, 4) is 0 Å². The summed E-state index contributed by atoms with van der Waals surface area (Å²) in [7, 11) is 0. The van der Waals surface area contributed by atoms with E-state index in [1.54, 1.807) is 6.20 Å². The van der Waals surface area contributed by atoms with Crippen molar-refractivity contribution >= 4 is 33.2 Å². The van der Waals surface area contributed by atoms with Gasteiger partial charge in [0.2, 0.25) is 0 Å². The summed E-state index contributed by atoms with van der Waals surface area (Å²) in [5.41, 5.74) is 1.96. The van der Waals surface area contributed by atoms with Gasteiger partial charge in [-0.2, -0.15) is 0 Å². The summed E-state index contributed by atoms with van der Waals surface area (Å²) in [6, 6.07) is 9.54. The summed E-state index contributed by atoms with van der Waals surface area (Å²) in [5, 5.41) is 1.42. The molecule has 0 unspecified atom stereocenters. The first-order chi connectivity index (χ1) is 9.24. The summed E-state index contributed by atoms with van der Waals surface area (Å²) < 4.78 is 3.66. The largest absolute Gasteiger partial charge is 0.277 e. The first-order valence-electron chi connectivity index (χ1n) is 5.93. The van der Waals surface area contributed by atoms with Crippen LogP contribution in [0.4, 0.5) is 0 Å². The average molecular weight is 291 g/mol. The van der Waals surface area contributed by atoms with E-state index in [9.17, 15) is 4.79 Å². The van der Waals surface area contributed by atoms with Crippen molar-refractivity contribution in [1.29, 1.82) is 0 Å². The Bertz CT molecular complexity index is 764. The third-order valence-electron chi connectivity index (χ3n) is 3.01. The Morgan fingerprint density at radius 2 is 2.16 bits per heavy atom. The quantitative estimate of drug-likeness (QED) is 0.803. The number of rotatable bonds is 3. The maximum absolute atomic E-state index is 11.8. The summed E-state index contributed by atoms with van der Waals surface area (Å²) in [6.07, 6.45) is 3.33. The van der Waals surface area contributed by atoms with Crippen molar-refractivity contribution in [3.05, 3.63) is 63.2 Å². The molecule has 0 radical (unpaired) electrons. The van der Waals surface area contributed by atoms with E-state index in [0.717, 1.165) is 34.2 Å². The van der Waals surface area contributed by atoms with Gasteiger partial charge in [0.25, 0.3) is 5.56 Å². The molecule has 2 aromatic heterocycles. The van der Waals surface area contributed by atoms with Crippen LogP contribution in [0.2, 0.25) is 5.02 Å². The molecule has 0 amide bonds. The second kappa shape index (κ2) is 5.15. The van der Waals surface area contributed by atoms with Crippen molar-refractivity contribution in [2.24, 2.45) is 0 Å². The maximum atomic E-state index is 11.8. The van der Waals surface area contributed by atoms with Gasteiger partial charge < -0.3 is 0 Å². The molecular formula is C14H11ClN2OS. The van der Waals surface area contributed by atoms with Gasteiger partial charge in [0.05, 0.1) is 10.1 Å². The number of aromatic nitrogens is 2. The van der Waals surface area contributed by atoms with Gasteiger partial charge in [-0.3, -0.25) is 14.2 Å². The lowest BCUT2D eigenvalue weighted by Crippen LogP contribution is -2.02. The monoisotopic (exact) mass is 290 g/mol. The van der Waals surface area contributed by atoms with Gasteiger partial charge in [-0.1, -0.05) is 29.2 Å². The number of nitrogens with one attached hydrogen (secondary N) is 1. The zero-order valence-corrected chi connectivity index (χ0v) is 11.6. The number of hydrogen-bond donors (Lipinski definition) is 1. The number of benzene rings is 1. The molecule has 0 aliphatic rings. The standard InChI is InChI=1S/C14H11ClN2OS/c15-10-7-9(4-5-11-3-1-2-6-16-11)13-12(8-10)19-17-14(13)18/h1-3,6-8H,4-5H2,(H,17,18). The maximum Gasteiger partial charge on any atom is 0.266 e. The fraction of sp³-hybridized carbons (Fsp3) is 0.143. The Morgan fingerprint density at radius 3 is 2.95 bits per heavy atom. The minimum Gasteiger partial charge on any atom is -0.277 e. The molecule has 3 nitrogen and oxygen atoms in total. The second-order valence-corrected chi connectivity index (χ2v) is 5.58. The summed E-state index contributed by atoms with van der Waals surface area (Å²) in [5.74, 6) is 0. The molecule has 3 rings (SSSR count). The average Bonchev–Trinajstić information content (AvgIpc) is 2.79. The minimum atomic E-state index is -0.0345.